The zero-order valence-electron chi connectivity index (χ0n) is 9.50. The Morgan fingerprint density at radius 1 is 1.44 bits per heavy atom. The van der Waals surface area contributed by atoms with Crippen molar-refractivity contribution in [3.63, 3.8) is 0 Å². The van der Waals surface area contributed by atoms with Gasteiger partial charge in [-0.3, -0.25) is 0 Å². The Hall–Kier alpha value is -1.93. The number of hydrogen-bond acceptors (Lipinski definition) is 5. The molecule has 0 radical (unpaired) electrons. The van der Waals surface area contributed by atoms with Gasteiger partial charge < -0.3 is 10.7 Å². The van der Waals surface area contributed by atoms with E-state index in [4.69, 9.17) is 5.73 Å². The molecule has 2 rings (SSSR count). The van der Waals surface area contributed by atoms with Gasteiger partial charge in [-0.15, -0.1) is 0 Å². The molecular formula is C10H13N5O2S. The van der Waals surface area contributed by atoms with Crippen LogP contribution in [0, 0.1) is 0 Å². The summed E-state index contributed by atoms with van der Waals surface area (Å²) in [5, 5.41) is 0. The third-order valence-corrected chi connectivity index (χ3v) is 3.76. The molecule has 0 amide bonds. The van der Waals surface area contributed by atoms with E-state index in [2.05, 4.69) is 19.7 Å². The van der Waals surface area contributed by atoms with Gasteiger partial charge in [-0.05, 0) is 6.07 Å². The van der Waals surface area contributed by atoms with Crippen LogP contribution in [-0.4, -0.2) is 29.9 Å². The van der Waals surface area contributed by atoms with Crippen molar-refractivity contribution < 1.29 is 8.42 Å². The van der Waals surface area contributed by atoms with E-state index >= 15 is 0 Å². The molecule has 4 N–H and O–H groups in total. The van der Waals surface area contributed by atoms with E-state index in [1.165, 1.54) is 18.3 Å². The van der Waals surface area contributed by atoms with Crippen LogP contribution in [0.3, 0.4) is 0 Å². The first-order chi connectivity index (χ1) is 8.58. The molecule has 0 aliphatic carbocycles. The Labute approximate surface area is 105 Å². The predicted molar refractivity (Wildman–Crippen MR) is 66.1 cm³/mol. The molecule has 96 valence electrons. The molecule has 0 saturated heterocycles. The van der Waals surface area contributed by atoms with Gasteiger partial charge in [-0.25, -0.2) is 23.1 Å². The van der Waals surface area contributed by atoms with Gasteiger partial charge in [0.05, 0.1) is 11.2 Å². The van der Waals surface area contributed by atoms with Crippen molar-refractivity contribution in [2.45, 2.75) is 11.3 Å². The van der Waals surface area contributed by atoms with E-state index in [1.807, 2.05) is 0 Å². The number of pyridine rings is 1. The highest BCUT2D eigenvalue weighted by Crippen LogP contribution is 2.09. The van der Waals surface area contributed by atoms with Gasteiger partial charge in [0.15, 0.2) is 0 Å². The van der Waals surface area contributed by atoms with Crippen LogP contribution in [0.1, 0.15) is 5.69 Å². The molecule has 2 aromatic heterocycles. The van der Waals surface area contributed by atoms with Crippen LogP contribution < -0.4 is 10.5 Å². The zero-order valence-corrected chi connectivity index (χ0v) is 10.3. The highest BCUT2D eigenvalue weighted by molar-refractivity contribution is 7.89. The van der Waals surface area contributed by atoms with E-state index in [0.717, 1.165) is 5.69 Å². The van der Waals surface area contributed by atoms with Crippen LogP contribution in [0.4, 0.5) is 5.82 Å². The van der Waals surface area contributed by atoms with Crippen LogP contribution in [0.5, 0.6) is 0 Å². The summed E-state index contributed by atoms with van der Waals surface area (Å²) < 4.78 is 26.3. The van der Waals surface area contributed by atoms with Crippen molar-refractivity contribution >= 4 is 15.8 Å². The second-order valence-electron chi connectivity index (χ2n) is 3.64. The van der Waals surface area contributed by atoms with Crippen LogP contribution in [0.15, 0.2) is 35.7 Å². The molecule has 2 aromatic rings. The van der Waals surface area contributed by atoms with E-state index in [0.29, 0.717) is 6.42 Å². The minimum absolute atomic E-state index is 0.111. The number of hydrogen-bond donors (Lipinski definition) is 3. The quantitative estimate of drug-likeness (QED) is 0.700. The highest BCUT2D eigenvalue weighted by Gasteiger charge is 2.13. The lowest BCUT2D eigenvalue weighted by atomic mass is 10.3. The molecule has 0 spiro atoms. The Balaban J connectivity index is 1.99. The summed E-state index contributed by atoms with van der Waals surface area (Å²) in [4.78, 5) is 10.6. The molecule has 0 unspecified atom stereocenters. The molecule has 0 aliphatic rings. The van der Waals surface area contributed by atoms with E-state index < -0.39 is 10.0 Å². The van der Waals surface area contributed by atoms with Gasteiger partial charge in [-0.2, -0.15) is 0 Å². The highest BCUT2D eigenvalue weighted by atomic mass is 32.2. The first-order valence-electron chi connectivity index (χ1n) is 5.26. The summed E-state index contributed by atoms with van der Waals surface area (Å²) in [6.07, 6.45) is 5.10. The maximum atomic E-state index is 11.9. The topological polar surface area (TPSA) is 114 Å². The van der Waals surface area contributed by atoms with E-state index in [-0.39, 0.29) is 17.3 Å². The Morgan fingerprint density at radius 3 is 2.94 bits per heavy atom. The van der Waals surface area contributed by atoms with Crippen molar-refractivity contribution in [3.8, 4) is 0 Å². The van der Waals surface area contributed by atoms with Crippen molar-refractivity contribution in [2.24, 2.45) is 0 Å². The minimum Gasteiger partial charge on any atom is -0.384 e. The fraction of sp³-hybridized carbons (Fsp3) is 0.200. The summed E-state index contributed by atoms with van der Waals surface area (Å²) in [5.74, 6) is 0.173. The lowest BCUT2D eigenvalue weighted by Gasteiger charge is -2.06. The van der Waals surface area contributed by atoms with Gasteiger partial charge in [-0.1, -0.05) is 0 Å². The lowest BCUT2D eigenvalue weighted by molar-refractivity contribution is 0.581. The number of nitrogens with two attached hydrogens (primary N) is 1. The van der Waals surface area contributed by atoms with Crippen molar-refractivity contribution in [3.05, 3.63) is 36.5 Å². The maximum absolute atomic E-state index is 11.9. The Bertz CT molecular complexity index is 609. The van der Waals surface area contributed by atoms with Gasteiger partial charge in [0, 0.05) is 37.1 Å². The largest absolute Gasteiger partial charge is 0.384 e. The number of nitrogens with zero attached hydrogens (tertiary/aromatic N) is 2. The maximum Gasteiger partial charge on any atom is 0.240 e. The average molecular weight is 267 g/mol. The first-order valence-corrected chi connectivity index (χ1v) is 6.75. The molecule has 0 saturated carbocycles. The second kappa shape index (κ2) is 5.15. The third-order valence-electron chi connectivity index (χ3n) is 2.30. The van der Waals surface area contributed by atoms with Gasteiger partial charge >= 0.3 is 0 Å². The monoisotopic (exact) mass is 267 g/mol. The van der Waals surface area contributed by atoms with Gasteiger partial charge in [0.25, 0.3) is 0 Å². The number of aromatic nitrogens is 3. The van der Waals surface area contributed by atoms with Crippen LogP contribution >= 0.6 is 0 Å². The van der Waals surface area contributed by atoms with Crippen LogP contribution in [0.2, 0.25) is 0 Å². The normalized spacial score (nSPS) is 11.6. The number of H-pyrrole nitrogens is 1. The summed E-state index contributed by atoms with van der Waals surface area (Å²) in [6, 6.07) is 2.72. The number of nitrogen functional groups attached to an aromatic ring is 1. The summed E-state index contributed by atoms with van der Waals surface area (Å²) in [5.41, 5.74) is 6.31. The first kappa shape index (κ1) is 12.5. The Morgan fingerprint density at radius 2 is 2.28 bits per heavy atom. The minimum atomic E-state index is -3.54. The summed E-state index contributed by atoms with van der Waals surface area (Å²) >= 11 is 0. The Kier molecular flexibility index (Phi) is 3.58. The number of sulfonamides is 1. The van der Waals surface area contributed by atoms with Crippen molar-refractivity contribution in [2.75, 3.05) is 12.3 Å². The number of nitrogens with one attached hydrogen (secondary N) is 2. The zero-order chi connectivity index (χ0) is 13.0. The molecule has 7 nitrogen and oxygen atoms in total. The SMILES string of the molecule is Nc1cc(S(=O)(=O)NCCc2cnc[nH]2)ccn1. The number of anilines is 1. The van der Waals surface area contributed by atoms with Gasteiger partial charge in [0.2, 0.25) is 10.0 Å². The van der Waals surface area contributed by atoms with Crippen molar-refractivity contribution in [1.82, 2.24) is 19.7 Å². The third kappa shape index (κ3) is 3.05. The molecular weight excluding hydrogens is 254 g/mol. The van der Waals surface area contributed by atoms with Crippen molar-refractivity contribution in [1.29, 1.82) is 0 Å². The number of aromatic amines is 1. The summed E-state index contributed by atoms with van der Waals surface area (Å²) in [7, 11) is -3.54. The molecule has 0 aromatic carbocycles. The fourth-order valence-corrected chi connectivity index (χ4v) is 2.47. The summed E-state index contributed by atoms with van der Waals surface area (Å²) in [6.45, 7) is 0.284. The van der Waals surface area contributed by atoms with Crippen LogP contribution in [0.25, 0.3) is 0 Å². The molecule has 18 heavy (non-hydrogen) atoms. The molecule has 0 atom stereocenters. The fourth-order valence-electron chi connectivity index (χ4n) is 1.42. The van der Waals surface area contributed by atoms with E-state index in [1.54, 1.807) is 12.5 Å². The standard InChI is InChI=1S/C10H13N5O2S/c11-10-5-9(2-3-13-10)18(16,17)15-4-1-8-6-12-7-14-8/h2-3,5-7,15H,1,4H2,(H2,11,13)(H,12,14). The predicted octanol–water partition coefficient (Wildman–Crippen LogP) is -0.0921. The molecule has 0 fully saturated rings. The lowest BCUT2D eigenvalue weighted by Crippen LogP contribution is -2.26. The molecule has 0 aliphatic heterocycles. The van der Waals surface area contributed by atoms with E-state index in [9.17, 15) is 8.42 Å². The smallest absolute Gasteiger partial charge is 0.240 e. The number of imidazole rings is 1. The molecule has 0 bridgehead atoms. The second-order valence-corrected chi connectivity index (χ2v) is 5.41. The van der Waals surface area contributed by atoms with Gasteiger partial charge in [0.1, 0.15) is 5.82 Å². The van der Waals surface area contributed by atoms with Crippen LogP contribution in [-0.2, 0) is 16.4 Å². The average Bonchev–Trinajstić information content (AvgIpc) is 2.82. The molecule has 8 heteroatoms. The molecule has 2 heterocycles. The number of rotatable bonds is 5.